The van der Waals surface area contributed by atoms with Crippen molar-refractivity contribution < 1.29 is 14.3 Å². The number of nitrogens with one attached hydrogen (secondary N) is 1. The molecule has 1 aliphatic rings. The first kappa shape index (κ1) is 16.8. The number of benzene rings is 2. The molecule has 0 aromatic heterocycles. The molecule has 1 saturated heterocycles. The SMILES string of the molecule is O=C(Nc1cc(N2CCOCC2)ccc1Br)OCc1ccccc1. The van der Waals surface area contributed by atoms with E-state index in [2.05, 4.69) is 26.1 Å². The highest BCUT2D eigenvalue weighted by molar-refractivity contribution is 9.10. The molecule has 1 aliphatic heterocycles. The number of hydrogen-bond donors (Lipinski definition) is 1. The summed E-state index contributed by atoms with van der Waals surface area (Å²) in [5.74, 6) is 0. The summed E-state index contributed by atoms with van der Waals surface area (Å²) in [6.45, 7) is 3.38. The van der Waals surface area contributed by atoms with Crippen LogP contribution < -0.4 is 10.2 Å². The van der Waals surface area contributed by atoms with Crippen LogP contribution in [-0.2, 0) is 16.1 Å². The van der Waals surface area contributed by atoms with Crippen LogP contribution in [0.2, 0.25) is 0 Å². The number of rotatable bonds is 4. The number of carbonyl (C=O) groups excluding carboxylic acids is 1. The lowest BCUT2D eigenvalue weighted by molar-refractivity contribution is 0.122. The molecule has 24 heavy (non-hydrogen) atoms. The van der Waals surface area contributed by atoms with Crippen molar-refractivity contribution in [2.45, 2.75) is 6.61 Å². The lowest BCUT2D eigenvalue weighted by Crippen LogP contribution is -2.36. The van der Waals surface area contributed by atoms with Gasteiger partial charge in [-0.25, -0.2) is 4.79 Å². The molecule has 2 aromatic carbocycles. The van der Waals surface area contributed by atoms with E-state index in [-0.39, 0.29) is 6.61 Å². The molecule has 0 saturated carbocycles. The fourth-order valence-corrected chi connectivity index (χ4v) is 2.84. The summed E-state index contributed by atoms with van der Waals surface area (Å²) in [5.41, 5.74) is 2.70. The largest absolute Gasteiger partial charge is 0.444 e. The van der Waals surface area contributed by atoms with Crippen LogP contribution >= 0.6 is 15.9 Å². The van der Waals surface area contributed by atoms with E-state index in [1.807, 2.05) is 48.5 Å². The second-order valence-electron chi connectivity index (χ2n) is 5.45. The van der Waals surface area contributed by atoms with Crippen molar-refractivity contribution in [2.75, 3.05) is 36.5 Å². The molecule has 6 heteroatoms. The second-order valence-corrected chi connectivity index (χ2v) is 6.30. The van der Waals surface area contributed by atoms with Crippen LogP contribution in [0.25, 0.3) is 0 Å². The summed E-state index contributed by atoms with van der Waals surface area (Å²) in [4.78, 5) is 14.3. The van der Waals surface area contributed by atoms with Gasteiger partial charge >= 0.3 is 6.09 Å². The Hall–Kier alpha value is -2.05. The standard InChI is InChI=1S/C18H19BrN2O3/c19-16-7-6-15(21-8-10-23-11-9-21)12-17(16)20-18(22)24-13-14-4-2-1-3-5-14/h1-7,12H,8-11,13H2,(H,20,22). The number of hydrogen-bond acceptors (Lipinski definition) is 4. The van der Waals surface area contributed by atoms with Crippen molar-refractivity contribution in [3.63, 3.8) is 0 Å². The van der Waals surface area contributed by atoms with E-state index in [1.165, 1.54) is 0 Å². The maximum atomic E-state index is 12.0. The van der Waals surface area contributed by atoms with Gasteiger partial charge in [-0.15, -0.1) is 0 Å². The third-order valence-corrected chi connectivity index (χ3v) is 4.47. The first-order chi connectivity index (χ1) is 11.7. The highest BCUT2D eigenvalue weighted by Gasteiger charge is 2.14. The third-order valence-electron chi connectivity index (χ3n) is 3.78. The number of anilines is 2. The van der Waals surface area contributed by atoms with Crippen LogP contribution in [0.4, 0.5) is 16.2 Å². The number of carbonyl (C=O) groups is 1. The van der Waals surface area contributed by atoms with Gasteiger partial charge in [-0.05, 0) is 39.7 Å². The van der Waals surface area contributed by atoms with Gasteiger partial charge in [0.2, 0.25) is 0 Å². The number of nitrogens with zero attached hydrogens (tertiary/aromatic N) is 1. The molecule has 0 aliphatic carbocycles. The average molecular weight is 391 g/mol. The van der Waals surface area contributed by atoms with Gasteiger partial charge in [-0.2, -0.15) is 0 Å². The molecule has 1 amide bonds. The van der Waals surface area contributed by atoms with Gasteiger partial charge in [0, 0.05) is 23.2 Å². The maximum Gasteiger partial charge on any atom is 0.411 e. The number of morpholine rings is 1. The molecule has 5 nitrogen and oxygen atoms in total. The Labute approximate surface area is 149 Å². The van der Waals surface area contributed by atoms with E-state index in [4.69, 9.17) is 9.47 Å². The minimum absolute atomic E-state index is 0.243. The Morgan fingerprint density at radius 2 is 1.92 bits per heavy atom. The van der Waals surface area contributed by atoms with Gasteiger partial charge in [0.05, 0.1) is 18.9 Å². The zero-order valence-corrected chi connectivity index (χ0v) is 14.8. The fraction of sp³-hybridized carbons (Fsp3) is 0.278. The van der Waals surface area contributed by atoms with Gasteiger partial charge in [0.15, 0.2) is 0 Å². The van der Waals surface area contributed by atoms with E-state index in [1.54, 1.807) is 0 Å². The van der Waals surface area contributed by atoms with E-state index in [0.717, 1.165) is 42.0 Å². The van der Waals surface area contributed by atoms with Crippen LogP contribution in [0, 0.1) is 0 Å². The van der Waals surface area contributed by atoms with Crippen LogP contribution in [0.1, 0.15) is 5.56 Å². The molecule has 0 unspecified atom stereocenters. The van der Waals surface area contributed by atoms with Crippen LogP contribution in [0.15, 0.2) is 53.0 Å². The van der Waals surface area contributed by atoms with E-state index in [9.17, 15) is 4.79 Å². The number of amides is 1. The predicted molar refractivity (Wildman–Crippen MR) is 97.4 cm³/mol. The highest BCUT2D eigenvalue weighted by Crippen LogP contribution is 2.28. The summed E-state index contributed by atoms with van der Waals surface area (Å²) >= 11 is 3.47. The van der Waals surface area contributed by atoms with Gasteiger partial charge in [-0.1, -0.05) is 30.3 Å². The molecule has 1 fully saturated rings. The molecule has 0 atom stereocenters. The zero-order chi connectivity index (χ0) is 16.8. The van der Waals surface area contributed by atoms with E-state index < -0.39 is 6.09 Å². The Kier molecular flexibility index (Phi) is 5.72. The maximum absolute atomic E-state index is 12.0. The summed E-state index contributed by atoms with van der Waals surface area (Å²) < 4.78 is 11.5. The minimum atomic E-state index is -0.473. The van der Waals surface area contributed by atoms with Crippen LogP contribution in [0.5, 0.6) is 0 Å². The quantitative estimate of drug-likeness (QED) is 0.855. The molecule has 0 spiro atoms. The summed E-state index contributed by atoms with van der Waals surface area (Å²) in [7, 11) is 0. The minimum Gasteiger partial charge on any atom is -0.444 e. The van der Waals surface area contributed by atoms with Crippen LogP contribution in [0.3, 0.4) is 0 Å². The monoisotopic (exact) mass is 390 g/mol. The topological polar surface area (TPSA) is 50.8 Å². The lowest BCUT2D eigenvalue weighted by atomic mass is 10.2. The summed E-state index contributed by atoms with van der Waals surface area (Å²) in [6, 6.07) is 15.5. The molecule has 1 N–H and O–H groups in total. The number of ether oxygens (including phenoxy) is 2. The van der Waals surface area contributed by atoms with Crippen molar-refractivity contribution in [2.24, 2.45) is 0 Å². The molecule has 1 heterocycles. The Balaban J connectivity index is 1.62. The van der Waals surface area contributed by atoms with Gasteiger partial charge < -0.3 is 14.4 Å². The fourth-order valence-electron chi connectivity index (χ4n) is 2.50. The summed E-state index contributed by atoms with van der Waals surface area (Å²) in [6.07, 6.45) is -0.473. The van der Waals surface area contributed by atoms with Crippen molar-refractivity contribution in [1.29, 1.82) is 0 Å². The van der Waals surface area contributed by atoms with Gasteiger partial charge in [-0.3, -0.25) is 5.32 Å². The second kappa shape index (κ2) is 8.17. The molecule has 3 rings (SSSR count). The first-order valence-corrected chi connectivity index (χ1v) is 8.61. The van der Waals surface area contributed by atoms with Crippen LogP contribution in [-0.4, -0.2) is 32.4 Å². The van der Waals surface area contributed by atoms with E-state index >= 15 is 0 Å². The zero-order valence-electron chi connectivity index (χ0n) is 13.2. The van der Waals surface area contributed by atoms with E-state index in [0.29, 0.717) is 5.69 Å². The van der Waals surface area contributed by atoms with Crippen molar-refractivity contribution >= 4 is 33.4 Å². The predicted octanol–water partition coefficient (Wildman–Crippen LogP) is 4.03. The normalized spacial score (nSPS) is 14.3. The molecule has 0 bridgehead atoms. The molecular formula is C18H19BrN2O3. The number of halogens is 1. The smallest absolute Gasteiger partial charge is 0.411 e. The highest BCUT2D eigenvalue weighted by atomic mass is 79.9. The molecular weight excluding hydrogens is 372 g/mol. The van der Waals surface area contributed by atoms with Crippen molar-refractivity contribution in [3.05, 3.63) is 58.6 Å². The molecule has 126 valence electrons. The van der Waals surface area contributed by atoms with Gasteiger partial charge in [0.1, 0.15) is 6.61 Å². The first-order valence-electron chi connectivity index (χ1n) is 7.82. The Morgan fingerprint density at radius 3 is 2.67 bits per heavy atom. The average Bonchev–Trinajstić information content (AvgIpc) is 2.63. The third kappa shape index (κ3) is 4.49. The Bertz CT molecular complexity index is 688. The molecule has 0 radical (unpaired) electrons. The molecule has 2 aromatic rings. The van der Waals surface area contributed by atoms with Gasteiger partial charge in [0.25, 0.3) is 0 Å². The Morgan fingerprint density at radius 1 is 1.17 bits per heavy atom. The van der Waals surface area contributed by atoms with Crippen molar-refractivity contribution in [1.82, 2.24) is 0 Å². The summed E-state index contributed by atoms with van der Waals surface area (Å²) in [5, 5.41) is 2.79. The lowest BCUT2D eigenvalue weighted by Gasteiger charge is -2.29. The van der Waals surface area contributed by atoms with Crippen molar-refractivity contribution in [3.8, 4) is 0 Å².